The zero-order valence-corrected chi connectivity index (χ0v) is 20.9. The van der Waals surface area contributed by atoms with Crippen molar-refractivity contribution < 1.29 is 34.0 Å². The van der Waals surface area contributed by atoms with Crippen LogP contribution in [0.3, 0.4) is 0 Å². The molecule has 0 spiro atoms. The van der Waals surface area contributed by atoms with Gasteiger partial charge in [-0.15, -0.1) is 0 Å². The minimum absolute atomic E-state index is 0.0813. The average molecular weight is 489 g/mol. The number of hydrogen-bond donors (Lipinski definition) is 2. The monoisotopic (exact) mass is 488 g/mol. The Morgan fingerprint density at radius 3 is 2.77 bits per heavy atom. The van der Waals surface area contributed by atoms with Crippen molar-refractivity contribution in [1.29, 1.82) is 0 Å². The topological polar surface area (TPSA) is 102 Å². The van der Waals surface area contributed by atoms with Crippen LogP contribution in [0.15, 0.2) is 48.1 Å². The molecule has 7 nitrogen and oxygen atoms in total. The summed E-state index contributed by atoms with van der Waals surface area (Å²) in [5.41, 5.74) is 2.15. The molecule has 7 heteroatoms. The third kappa shape index (κ3) is 9.39. The maximum absolute atomic E-state index is 12.7. The van der Waals surface area contributed by atoms with Crippen molar-refractivity contribution in [3.05, 3.63) is 48.1 Å². The lowest BCUT2D eigenvalue weighted by Gasteiger charge is -2.22. The van der Waals surface area contributed by atoms with Crippen LogP contribution >= 0.6 is 0 Å². The van der Waals surface area contributed by atoms with E-state index in [-0.39, 0.29) is 42.7 Å². The van der Waals surface area contributed by atoms with Gasteiger partial charge < -0.3 is 24.4 Å². The minimum atomic E-state index is -1.03. The highest BCUT2D eigenvalue weighted by molar-refractivity contribution is 5.78. The largest absolute Gasteiger partial charge is 0.466 e. The third-order valence-electron chi connectivity index (χ3n) is 6.83. The number of rotatable bonds is 3. The highest BCUT2D eigenvalue weighted by Gasteiger charge is 2.46. The first-order valence-corrected chi connectivity index (χ1v) is 12.7. The second kappa shape index (κ2) is 13.2. The number of fused-ring (bicyclic) bond motifs is 1. The maximum atomic E-state index is 12.7. The molecule has 0 radical (unpaired) electrons. The van der Waals surface area contributed by atoms with E-state index in [0.29, 0.717) is 26.1 Å². The van der Waals surface area contributed by atoms with Crippen molar-refractivity contribution in [3.8, 4) is 0 Å². The summed E-state index contributed by atoms with van der Waals surface area (Å²) >= 11 is 0. The van der Waals surface area contributed by atoms with E-state index < -0.39 is 24.3 Å². The summed E-state index contributed by atoms with van der Waals surface area (Å²) in [6.07, 6.45) is 9.85. The van der Waals surface area contributed by atoms with Crippen LogP contribution in [0.2, 0.25) is 0 Å². The molecule has 0 amide bonds. The Labute approximate surface area is 208 Å². The molecule has 194 valence electrons. The summed E-state index contributed by atoms with van der Waals surface area (Å²) in [5.74, 6) is -0.863. The van der Waals surface area contributed by atoms with Gasteiger partial charge in [-0.1, -0.05) is 55.0 Å². The summed E-state index contributed by atoms with van der Waals surface area (Å²) in [6, 6.07) is 0. The predicted molar refractivity (Wildman–Crippen MR) is 132 cm³/mol. The lowest BCUT2D eigenvalue weighted by atomic mass is 9.95. The number of carbonyl (C=O) groups excluding carboxylic acids is 2. The second-order valence-corrected chi connectivity index (χ2v) is 10.3. The van der Waals surface area contributed by atoms with Gasteiger partial charge in [0, 0.05) is 12.8 Å². The van der Waals surface area contributed by atoms with E-state index in [2.05, 4.69) is 13.5 Å². The number of carbonyl (C=O) groups is 2. The first-order valence-electron chi connectivity index (χ1n) is 12.7. The smallest absolute Gasteiger partial charge is 0.309 e. The maximum Gasteiger partial charge on any atom is 0.309 e. The lowest BCUT2D eigenvalue weighted by Crippen LogP contribution is -2.31. The van der Waals surface area contributed by atoms with Gasteiger partial charge in [0.15, 0.2) is 0 Å². The van der Waals surface area contributed by atoms with E-state index in [0.717, 1.165) is 24.8 Å². The molecule has 0 aromatic rings. The van der Waals surface area contributed by atoms with E-state index in [9.17, 15) is 19.8 Å². The van der Waals surface area contributed by atoms with Crippen LogP contribution < -0.4 is 0 Å². The lowest BCUT2D eigenvalue weighted by molar-refractivity contribution is -0.155. The standard InChI is InChI=1S/C28H40O7/c1-18-10-12-34-27(31)17-21-16-24(21)28(32)35-26(6-4-5-22(29)14-20(3)13-18)25(30)8-7-23-15-19(2)9-11-33-23/h4-5,7-9,18,21-26,29-30H,3,6,10-17H2,1-2H3/b5-4+,8-7+/t18?,21?,22?,23-,24?,25?,26?/m1/s1. The highest BCUT2D eigenvalue weighted by Crippen LogP contribution is 2.42. The van der Waals surface area contributed by atoms with Gasteiger partial charge in [-0.3, -0.25) is 9.59 Å². The van der Waals surface area contributed by atoms with Gasteiger partial charge in [-0.05, 0) is 50.9 Å². The molecule has 7 atom stereocenters. The molecule has 1 aliphatic carbocycles. The molecule has 35 heavy (non-hydrogen) atoms. The Hall–Kier alpha value is -2.22. The van der Waals surface area contributed by atoms with Gasteiger partial charge in [0.2, 0.25) is 0 Å². The van der Waals surface area contributed by atoms with Crippen LogP contribution in [0.5, 0.6) is 0 Å². The Morgan fingerprint density at radius 2 is 2.00 bits per heavy atom. The molecule has 3 aliphatic rings. The normalized spacial score (nSPS) is 35.7. The fourth-order valence-electron chi connectivity index (χ4n) is 4.57. The molecule has 2 N–H and O–H groups in total. The molecule has 3 rings (SSSR count). The molecule has 6 unspecified atom stereocenters. The quantitative estimate of drug-likeness (QED) is 0.460. The number of esters is 2. The Bertz CT molecular complexity index is 842. The molecule has 1 fully saturated rings. The first kappa shape index (κ1) is 27.4. The summed E-state index contributed by atoms with van der Waals surface area (Å²) < 4.78 is 16.7. The van der Waals surface area contributed by atoms with Crippen molar-refractivity contribution >= 4 is 11.9 Å². The van der Waals surface area contributed by atoms with Gasteiger partial charge in [-0.2, -0.15) is 0 Å². The molecule has 2 aliphatic heterocycles. The summed E-state index contributed by atoms with van der Waals surface area (Å²) in [4.78, 5) is 24.9. The summed E-state index contributed by atoms with van der Waals surface area (Å²) in [6.45, 7) is 9.05. The summed E-state index contributed by atoms with van der Waals surface area (Å²) in [7, 11) is 0. The predicted octanol–water partition coefficient (Wildman–Crippen LogP) is 3.80. The molecular weight excluding hydrogens is 448 g/mol. The van der Waals surface area contributed by atoms with Crippen LogP contribution in [0.1, 0.15) is 58.8 Å². The van der Waals surface area contributed by atoms with Gasteiger partial charge >= 0.3 is 11.9 Å². The third-order valence-corrected chi connectivity index (χ3v) is 6.83. The molecule has 0 bridgehead atoms. The first-order chi connectivity index (χ1) is 16.7. The SMILES string of the molecule is C=C1CC(O)/C=C/CC(C(O)/C=C/[C@@H]2CC(C)=CCO2)OC(=O)C2CC2CC(=O)OCCC(C)C1. The minimum Gasteiger partial charge on any atom is -0.466 e. The molecule has 1 saturated carbocycles. The summed E-state index contributed by atoms with van der Waals surface area (Å²) in [5, 5.41) is 21.2. The molecule has 0 saturated heterocycles. The molecule has 0 aromatic heterocycles. The Balaban J connectivity index is 1.67. The Kier molecular flexibility index (Phi) is 10.3. The molecular formula is C28H40O7. The number of aliphatic hydroxyl groups is 2. The van der Waals surface area contributed by atoms with Gasteiger partial charge in [0.05, 0.1) is 31.3 Å². The zero-order valence-electron chi connectivity index (χ0n) is 20.9. The van der Waals surface area contributed by atoms with Crippen molar-refractivity contribution in [2.75, 3.05) is 13.2 Å². The van der Waals surface area contributed by atoms with Crippen LogP contribution in [0.4, 0.5) is 0 Å². The number of hydrogen-bond acceptors (Lipinski definition) is 7. The van der Waals surface area contributed by atoms with Crippen LogP contribution in [0.25, 0.3) is 0 Å². The van der Waals surface area contributed by atoms with Gasteiger partial charge in [0.1, 0.15) is 12.2 Å². The van der Waals surface area contributed by atoms with Gasteiger partial charge in [-0.25, -0.2) is 0 Å². The zero-order chi connectivity index (χ0) is 25.4. The molecule has 2 heterocycles. The Morgan fingerprint density at radius 1 is 1.20 bits per heavy atom. The van der Waals surface area contributed by atoms with Crippen molar-refractivity contribution in [1.82, 2.24) is 0 Å². The number of aliphatic hydroxyl groups excluding tert-OH is 2. The fraction of sp³-hybridized carbons (Fsp3) is 0.643. The fourth-order valence-corrected chi connectivity index (χ4v) is 4.57. The van der Waals surface area contributed by atoms with E-state index in [1.807, 2.05) is 13.0 Å². The van der Waals surface area contributed by atoms with Crippen molar-refractivity contribution in [2.24, 2.45) is 17.8 Å². The van der Waals surface area contributed by atoms with Crippen molar-refractivity contribution in [2.45, 2.75) is 83.2 Å². The van der Waals surface area contributed by atoms with E-state index >= 15 is 0 Å². The highest BCUT2D eigenvalue weighted by atomic mass is 16.6. The molecule has 0 aromatic carbocycles. The van der Waals surface area contributed by atoms with E-state index in [1.165, 1.54) is 5.57 Å². The van der Waals surface area contributed by atoms with E-state index in [1.54, 1.807) is 24.3 Å². The average Bonchev–Trinajstić information content (AvgIpc) is 3.55. The van der Waals surface area contributed by atoms with Gasteiger partial charge in [0.25, 0.3) is 0 Å². The van der Waals surface area contributed by atoms with Crippen molar-refractivity contribution in [3.63, 3.8) is 0 Å². The van der Waals surface area contributed by atoms with Crippen LogP contribution in [0, 0.1) is 17.8 Å². The second-order valence-electron chi connectivity index (χ2n) is 10.3. The van der Waals surface area contributed by atoms with E-state index in [4.69, 9.17) is 14.2 Å². The van der Waals surface area contributed by atoms with Crippen LogP contribution in [-0.4, -0.2) is 59.8 Å². The number of ether oxygens (including phenoxy) is 3. The number of cyclic esters (lactones) is 2. The van der Waals surface area contributed by atoms with Crippen LogP contribution in [-0.2, 0) is 23.8 Å².